The zero-order valence-electron chi connectivity index (χ0n) is 12.9. The highest BCUT2D eigenvalue weighted by atomic mass is 16.5. The van der Waals surface area contributed by atoms with Gasteiger partial charge in [-0.25, -0.2) is 4.79 Å². The number of amides is 1. The first-order valence-corrected chi connectivity index (χ1v) is 7.08. The Bertz CT molecular complexity index is 743. The van der Waals surface area contributed by atoms with Crippen molar-refractivity contribution in [2.24, 2.45) is 0 Å². The lowest BCUT2D eigenvalue weighted by atomic mass is 10.1. The molecule has 116 valence electrons. The molecule has 0 spiro atoms. The van der Waals surface area contributed by atoms with Crippen LogP contribution in [0.25, 0.3) is 0 Å². The number of rotatable bonds is 4. The number of anilines is 1. The average molecular weight is 308 g/mol. The van der Waals surface area contributed by atoms with E-state index < -0.39 is 18.0 Å². The van der Waals surface area contributed by atoms with Crippen LogP contribution in [0.3, 0.4) is 0 Å². The molecule has 23 heavy (non-hydrogen) atoms. The molecule has 5 nitrogen and oxygen atoms in total. The summed E-state index contributed by atoms with van der Waals surface area (Å²) in [6.45, 7) is 3.46. The van der Waals surface area contributed by atoms with Gasteiger partial charge in [-0.1, -0.05) is 17.7 Å². The van der Waals surface area contributed by atoms with Crippen molar-refractivity contribution in [3.8, 4) is 6.07 Å². The van der Waals surface area contributed by atoms with Gasteiger partial charge in [-0.2, -0.15) is 5.26 Å². The minimum Gasteiger partial charge on any atom is -0.449 e. The van der Waals surface area contributed by atoms with E-state index >= 15 is 0 Å². The molecule has 0 saturated heterocycles. The standard InChI is InChI=1S/C18H16N2O3/c1-12-3-9-16(10-4-12)20-17(21)13(2)23-18(22)15-7-5-14(11-19)6-8-15/h3-10,13H,1-2H3,(H,20,21)/t13-/m0/s1. The monoisotopic (exact) mass is 308 g/mol. The third kappa shape index (κ3) is 4.42. The zero-order chi connectivity index (χ0) is 16.8. The molecule has 0 fully saturated rings. The molecule has 1 atom stereocenters. The highest BCUT2D eigenvalue weighted by Gasteiger charge is 2.19. The second kappa shape index (κ2) is 7.23. The maximum atomic E-state index is 12.0. The van der Waals surface area contributed by atoms with E-state index in [1.54, 1.807) is 12.1 Å². The summed E-state index contributed by atoms with van der Waals surface area (Å²) >= 11 is 0. The fourth-order valence-corrected chi connectivity index (χ4v) is 1.84. The molecule has 0 radical (unpaired) electrons. The van der Waals surface area contributed by atoms with E-state index in [0.717, 1.165) is 5.56 Å². The molecule has 2 aromatic rings. The maximum Gasteiger partial charge on any atom is 0.338 e. The summed E-state index contributed by atoms with van der Waals surface area (Å²) in [5.74, 6) is -1.02. The predicted molar refractivity (Wildman–Crippen MR) is 85.8 cm³/mol. The lowest BCUT2D eigenvalue weighted by Crippen LogP contribution is -2.30. The molecule has 2 rings (SSSR count). The van der Waals surface area contributed by atoms with Gasteiger partial charge in [0.25, 0.3) is 5.91 Å². The lowest BCUT2D eigenvalue weighted by molar-refractivity contribution is -0.123. The van der Waals surface area contributed by atoms with E-state index in [9.17, 15) is 9.59 Å². The van der Waals surface area contributed by atoms with Crippen molar-refractivity contribution >= 4 is 17.6 Å². The van der Waals surface area contributed by atoms with Gasteiger partial charge in [0.2, 0.25) is 0 Å². The van der Waals surface area contributed by atoms with Crippen LogP contribution in [-0.2, 0) is 9.53 Å². The maximum absolute atomic E-state index is 12.0. The van der Waals surface area contributed by atoms with Gasteiger partial charge < -0.3 is 10.1 Å². The van der Waals surface area contributed by atoms with Crippen molar-refractivity contribution in [2.45, 2.75) is 20.0 Å². The third-order valence-electron chi connectivity index (χ3n) is 3.22. The molecule has 5 heteroatoms. The van der Waals surface area contributed by atoms with Gasteiger partial charge in [0.05, 0.1) is 17.2 Å². The number of nitrogens with zero attached hydrogens (tertiary/aromatic N) is 1. The van der Waals surface area contributed by atoms with Crippen molar-refractivity contribution in [1.29, 1.82) is 5.26 Å². The molecule has 0 aliphatic carbocycles. The van der Waals surface area contributed by atoms with E-state index in [-0.39, 0.29) is 0 Å². The molecule has 0 aromatic heterocycles. The van der Waals surface area contributed by atoms with Gasteiger partial charge in [0, 0.05) is 5.69 Å². The number of aryl methyl sites for hydroxylation is 1. The number of carbonyl (C=O) groups excluding carboxylic acids is 2. The van der Waals surface area contributed by atoms with Crippen LogP contribution in [0.5, 0.6) is 0 Å². The van der Waals surface area contributed by atoms with Crippen molar-refractivity contribution in [3.05, 3.63) is 65.2 Å². The predicted octanol–water partition coefficient (Wildman–Crippen LogP) is 3.05. The van der Waals surface area contributed by atoms with Crippen molar-refractivity contribution < 1.29 is 14.3 Å². The van der Waals surface area contributed by atoms with Crippen LogP contribution >= 0.6 is 0 Å². The van der Waals surface area contributed by atoms with E-state index in [2.05, 4.69) is 5.32 Å². The number of nitrogens with one attached hydrogen (secondary N) is 1. The van der Waals surface area contributed by atoms with Gasteiger partial charge in [0.15, 0.2) is 6.10 Å². The molecule has 0 saturated carbocycles. The summed E-state index contributed by atoms with van der Waals surface area (Å²) in [6.07, 6.45) is -0.931. The summed E-state index contributed by atoms with van der Waals surface area (Å²) in [7, 11) is 0. The molecular formula is C18H16N2O3. The summed E-state index contributed by atoms with van der Waals surface area (Å²) < 4.78 is 5.13. The van der Waals surface area contributed by atoms with Crippen LogP contribution in [0.15, 0.2) is 48.5 Å². The Hall–Kier alpha value is -3.13. The summed E-state index contributed by atoms with van der Waals surface area (Å²) in [6, 6.07) is 15.3. The fourth-order valence-electron chi connectivity index (χ4n) is 1.84. The van der Waals surface area contributed by atoms with Gasteiger partial charge in [-0.15, -0.1) is 0 Å². The van der Waals surface area contributed by atoms with Crippen molar-refractivity contribution in [3.63, 3.8) is 0 Å². The zero-order valence-corrected chi connectivity index (χ0v) is 12.9. The fraction of sp³-hybridized carbons (Fsp3) is 0.167. The highest BCUT2D eigenvalue weighted by molar-refractivity contribution is 5.97. The van der Waals surface area contributed by atoms with Gasteiger partial charge in [-0.3, -0.25) is 4.79 Å². The number of benzene rings is 2. The van der Waals surface area contributed by atoms with Crippen LogP contribution in [0.1, 0.15) is 28.4 Å². The topological polar surface area (TPSA) is 79.2 Å². The number of hydrogen-bond acceptors (Lipinski definition) is 4. The largest absolute Gasteiger partial charge is 0.449 e. The first kappa shape index (κ1) is 16.2. The van der Waals surface area contributed by atoms with E-state index in [4.69, 9.17) is 10.00 Å². The Morgan fingerprint density at radius 2 is 1.70 bits per heavy atom. The van der Waals surface area contributed by atoms with Crippen molar-refractivity contribution in [1.82, 2.24) is 0 Å². The van der Waals surface area contributed by atoms with Crippen LogP contribution in [0.4, 0.5) is 5.69 Å². The molecule has 0 aliphatic rings. The van der Waals surface area contributed by atoms with E-state index in [0.29, 0.717) is 16.8 Å². The Morgan fingerprint density at radius 3 is 2.26 bits per heavy atom. The Kier molecular flexibility index (Phi) is 5.11. The molecule has 1 N–H and O–H groups in total. The van der Waals surface area contributed by atoms with Crippen LogP contribution in [0.2, 0.25) is 0 Å². The van der Waals surface area contributed by atoms with Gasteiger partial charge in [0.1, 0.15) is 0 Å². The number of esters is 1. The number of nitriles is 1. The summed E-state index contributed by atoms with van der Waals surface area (Å²) in [5, 5.41) is 11.4. The normalized spacial score (nSPS) is 11.2. The van der Waals surface area contributed by atoms with Crippen molar-refractivity contribution in [2.75, 3.05) is 5.32 Å². The molecule has 0 aliphatic heterocycles. The number of hydrogen-bond donors (Lipinski definition) is 1. The average Bonchev–Trinajstić information content (AvgIpc) is 2.56. The van der Waals surface area contributed by atoms with Crippen LogP contribution in [-0.4, -0.2) is 18.0 Å². The van der Waals surface area contributed by atoms with E-state index in [1.807, 2.05) is 25.1 Å². The molecule has 0 unspecified atom stereocenters. The van der Waals surface area contributed by atoms with Crippen LogP contribution in [0, 0.1) is 18.3 Å². The van der Waals surface area contributed by atoms with Gasteiger partial charge >= 0.3 is 5.97 Å². The minimum atomic E-state index is -0.931. The SMILES string of the molecule is Cc1ccc(NC(=O)[C@H](C)OC(=O)c2ccc(C#N)cc2)cc1. The Morgan fingerprint density at radius 1 is 1.09 bits per heavy atom. The lowest BCUT2D eigenvalue weighted by Gasteiger charge is -2.13. The first-order chi connectivity index (χ1) is 11.0. The van der Waals surface area contributed by atoms with Gasteiger partial charge in [-0.05, 0) is 50.2 Å². The molecule has 0 heterocycles. The summed E-state index contributed by atoms with van der Waals surface area (Å²) in [4.78, 5) is 24.0. The third-order valence-corrected chi connectivity index (χ3v) is 3.22. The molecule has 2 aromatic carbocycles. The number of carbonyl (C=O) groups is 2. The Labute approximate surface area is 134 Å². The smallest absolute Gasteiger partial charge is 0.338 e. The quantitative estimate of drug-likeness (QED) is 0.880. The molecule has 1 amide bonds. The first-order valence-electron chi connectivity index (χ1n) is 7.08. The molecule has 0 bridgehead atoms. The minimum absolute atomic E-state index is 0.291. The second-order valence-electron chi connectivity index (χ2n) is 5.09. The summed E-state index contributed by atoms with van der Waals surface area (Å²) in [5.41, 5.74) is 2.47. The van der Waals surface area contributed by atoms with Crippen LogP contribution < -0.4 is 5.32 Å². The number of ether oxygens (including phenoxy) is 1. The Balaban J connectivity index is 1.95. The molecular weight excluding hydrogens is 292 g/mol. The highest BCUT2D eigenvalue weighted by Crippen LogP contribution is 2.11. The van der Waals surface area contributed by atoms with E-state index in [1.165, 1.54) is 31.2 Å². The second-order valence-corrected chi connectivity index (χ2v) is 5.09.